The number of aromatic nitrogens is 4. The number of alkyl halides is 1. The molecule has 37 heavy (non-hydrogen) atoms. The molecule has 190 valence electrons. The molecule has 11 heteroatoms. The molecule has 6 rings (SSSR count). The van der Waals surface area contributed by atoms with Crippen LogP contribution in [0.5, 0.6) is 11.5 Å². The number of ether oxygens (including phenoxy) is 2. The zero-order valence-corrected chi connectivity index (χ0v) is 20.7. The molecule has 2 aromatic heterocycles. The predicted octanol–water partition coefficient (Wildman–Crippen LogP) is 4.00. The summed E-state index contributed by atoms with van der Waals surface area (Å²) in [4.78, 5) is 19.3. The van der Waals surface area contributed by atoms with E-state index in [1.54, 1.807) is 12.5 Å². The average Bonchev–Trinajstić information content (AvgIpc) is 3.41. The van der Waals surface area contributed by atoms with E-state index in [9.17, 15) is 4.39 Å². The van der Waals surface area contributed by atoms with Gasteiger partial charge in [-0.3, -0.25) is 0 Å². The smallest absolute Gasteiger partial charge is 0.226 e. The van der Waals surface area contributed by atoms with E-state index in [1.165, 1.54) is 6.33 Å². The van der Waals surface area contributed by atoms with E-state index in [1.807, 2.05) is 66.9 Å². The third-order valence-electron chi connectivity index (χ3n) is 6.52. The van der Waals surface area contributed by atoms with Gasteiger partial charge >= 0.3 is 0 Å². The number of aryl methyl sites for hydroxylation is 2. The Kier molecular flexibility index (Phi) is 5.93. The molecule has 0 amide bonds. The van der Waals surface area contributed by atoms with Crippen molar-refractivity contribution in [2.75, 3.05) is 30.8 Å². The fourth-order valence-corrected chi connectivity index (χ4v) is 4.59. The summed E-state index contributed by atoms with van der Waals surface area (Å²) in [5.41, 5.74) is 4.97. The third-order valence-corrected chi connectivity index (χ3v) is 6.52. The van der Waals surface area contributed by atoms with Gasteiger partial charge in [-0.25, -0.2) is 24.3 Å². The first-order valence-corrected chi connectivity index (χ1v) is 12.0. The summed E-state index contributed by atoms with van der Waals surface area (Å²) in [6.07, 6.45) is 2.56. The first-order valence-electron chi connectivity index (χ1n) is 12.0. The van der Waals surface area contributed by atoms with E-state index < -0.39 is 18.6 Å². The summed E-state index contributed by atoms with van der Waals surface area (Å²) < 4.78 is 28.2. The van der Waals surface area contributed by atoms with Crippen LogP contribution < -0.4 is 15.4 Å². The van der Waals surface area contributed by atoms with Crippen LogP contribution in [0.1, 0.15) is 11.3 Å². The maximum atomic E-state index is 14.2. The first-order chi connectivity index (χ1) is 17.9. The van der Waals surface area contributed by atoms with E-state index in [2.05, 4.69) is 30.6 Å². The average molecular weight is 503 g/mol. The van der Waals surface area contributed by atoms with Crippen LogP contribution in [-0.2, 0) is 11.8 Å². The Hall–Kier alpha value is -4.09. The maximum absolute atomic E-state index is 14.2. The van der Waals surface area contributed by atoms with Gasteiger partial charge in [-0.1, -0.05) is 0 Å². The molecule has 0 spiro atoms. The van der Waals surface area contributed by atoms with Crippen LogP contribution in [0.15, 0.2) is 54.0 Å². The number of imidazole rings is 1. The minimum atomic E-state index is -1.05. The molecule has 0 saturated carbocycles. The first kappa shape index (κ1) is 23.3. The zero-order valence-electron chi connectivity index (χ0n) is 20.7. The molecule has 1 saturated heterocycles. The quantitative estimate of drug-likeness (QED) is 0.408. The standard InChI is InChI=1S/C26H27FN8O2/c1-15-8-16(4-7-22(15)36-17-5-6-21-19(9-17)31-14-35(21)3)32-25-24-20(29-13-30-25)10-28-26(33-24)37-23-12-34(2)11-18(23)27/h4-10,13-14,18,23,26,33H,11-12H2,1-3H3,(H,29,30,32). The van der Waals surface area contributed by atoms with Crippen LogP contribution in [0.2, 0.25) is 0 Å². The van der Waals surface area contributed by atoms with Crippen molar-refractivity contribution >= 4 is 34.4 Å². The maximum Gasteiger partial charge on any atom is 0.226 e. The van der Waals surface area contributed by atoms with Crippen molar-refractivity contribution in [1.82, 2.24) is 24.4 Å². The molecular formula is C26H27FN8O2. The van der Waals surface area contributed by atoms with Gasteiger partial charge in [0.25, 0.3) is 0 Å². The lowest BCUT2D eigenvalue weighted by Gasteiger charge is -2.26. The van der Waals surface area contributed by atoms with Crippen molar-refractivity contribution in [3.63, 3.8) is 0 Å². The minimum Gasteiger partial charge on any atom is -0.457 e. The highest BCUT2D eigenvalue weighted by atomic mass is 19.1. The number of hydrogen-bond acceptors (Lipinski definition) is 9. The SMILES string of the molecule is Cc1cc(Nc2ncnc3c2NC(OC2CN(C)CC2F)N=C3)ccc1Oc1ccc2c(c1)ncn2C. The van der Waals surface area contributed by atoms with Gasteiger partial charge in [-0.15, -0.1) is 0 Å². The van der Waals surface area contributed by atoms with Gasteiger partial charge in [0.05, 0.1) is 23.6 Å². The van der Waals surface area contributed by atoms with Crippen LogP contribution in [-0.4, -0.2) is 69.4 Å². The van der Waals surface area contributed by atoms with Crippen molar-refractivity contribution in [2.45, 2.75) is 25.6 Å². The van der Waals surface area contributed by atoms with Crippen molar-refractivity contribution in [2.24, 2.45) is 12.0 Å². The molecular weight excluding hydrogens is 475 g/mol. The Labute approximate surface area is 213 Å². The number of nitrogens with zero attached hydrogens (tertiary/aromatic N) is 6. The summed E-state index contributed by atoms with van der Waals surface area (Å²) in [7, 11) is 3.83. The fraction of sp³-hybridized carbons (Fsp3) is 0.308. The molecule has 10 nitrogen and oxygen atoms in total. The van der Waals surface area contributed by atoms with Crippen molar-refractivity contribution in [1.29, 1.82) is 0 Å². The summed E-state index contributed by atoms with van der Waals surface area (Å²) in [6.45, 7) is 2.85. The van der Waals surface area contributed by atoms with E-state index in [0.717, 1.165) is 33.8 Å². The topological polar surface area (TPSA) is 102 Å². The number of aliphatic imine (C=N–C) groups is 1. The molecule has 3 unspecified atom stereocenters. The van der Waals surface area contributed by atoms with Gasteiger partial charge in [-0.2, -0.15) is 0 Å². The highest BCUT2D eigenvalue weighted by molar-refractivity contribution is 5.92. The molecule has 0 aliphatic carbocycles. The molecule has 4 heterocycles. The molecule has 2 aliphatic heterocycles. The van der Waals surface area contributed by atoms with Gasteiger partial charge in [-0.05, 0) is 49.9 Å². The number of halogens is 1. The molecule has 2 aromatic carbocycles. The van der Waals surface area contributed by atoms with Crippen LogP contribution in [0.25, 0.3) is 11.0 Å². The molecule has 3 atom stereocenters. The van der Waals surface area contributed by atoms with E-state index in [4.69, 9.17) is 9.47 Å². The number of nitrogens with one attached hydrogen (secondary N) is 2. The van der Waals surface area contributed by atoms with E-state index in [-0.39, 0.29) is 0 Å². The molecule has 0 bridgehead atoms. The number of fused-ring (bicyclic) bond motifs is 2. The van der Waals surface area contributed by atoms with Crippen LogP contribution in [0, 0.1) is 6.92 Å². The van der Waals surface area contributed by atoms with Crippen molar-refractivity contribution in [3.8, 4) is 11.5 Å². The largest absolute Gasteiger partial charge is 0.457 e. The van der Waals surface area contributed by atoms with Crippen molar-refractivity contribution in [3.05, 3.63) is 60.3 Å². The van der Waals surface area contributed by atoms with Crippen LogP contribution in [0.3, 0.4) is 0 Å². The second-order valence-electron chi connectivity index (χ2n) is 9.38. The van der Waals surface area contributed by atoms with E-state index >= 15 is 0 Å². The monoisotopic (exact) mass is 502 g/mol. The van der Waals surface area contributed by atoms with E-state index in [0.29, 0.717) is 30.3 Å². The Bertz CT molecular complexity index is 1490. The van der Waals surface area contributed by atoms with Gasteiger partial charge in [0.1, 0.15) is 41.5 Å². The van der Waals surface area contributed by atoms with Crippen LogP contribution >= 0.6 is 0 Å². The Morgan fingerprint density at radius 3 is 2.78 bits per heavy atom. The normalized spacial score (nSPS) is 21.1. The zero-order chi connectivity index (χ0) is 25.5. The summed E-state index contributed by atoms with van der Waals surface area (Å²) in [6, 6.07) is 11.7. The van der Waals surface area contributed by atoms with Gasteiger partial charge < -0.3 is 29.6 Å². The predicted molar refractivity (Wildman–Crippen MR) is 140 cm³/mol. The third kappa shape index (κ3) is 4.70. The Balaban J connectivity index is 1.17. The second kappa shape index (κ2) is 9.41. The molecule has 2 aliphatic rings. The lowest BCUT2D eigenvalue weighted by atomic mass is 10.2. The molecule has 0 radical (unpaired) electrons. The number of likely N-dealkylation sites (N-methyl/N-ethyl adjacent to an activating group) is 1. The fourth-order valence-electron chi connectivity index (χ4n) is 4.59. The number of rotatable bonds is 6. The highest BCUT2D eigenvalue weighted by Crippen LogP contribution is 2.33. The highest BCUT2D eigenvalue weighted by Gasteiger charge is 2.34. The number of anilines is 3. The summed E-state index contributed by atoms with van der Waals surface area (Å²) in [5, 5.41) is 6.54. The molecule has 2 N–H and O–H groups in total. The summed E-state index contributed by atoms with van der Waals surface area (Å²) >= 11 is 0. The van der Waals surface area contributed by atoms with Gasteiger partial charge in [0.15, 0.2) is 5.82 Å². The minimum absolute atomic E-state index is 0.352. The number of likely N-dealkylation sites (tertiary alicyclic amines) is 1. The molecule has 4 aromatic rings. The second-order valence-corrected chi connectivity index (χ2v) is 9.38. The Morgan fingerprint density at radius 1 is 1.08 bits per heavy atom. The number of hydrogen-bond donors (Lipinski definition) is 2. The summed E-state index contributed by atoms with van der Waals surface area (Å²) in [5.74, 6) is 2.03. The molecule has 1 fully saturated rings. The van der Waals surface area contributed by atoms with Gasteiger partial charge in [0, 0.05) is 31.9 Å². The lowest BCUT2D eigenvalue weighted by molar-refractivity contribution is -0.0155. The Morgan fingerprint density at radius 2 is 1.97 bits per heavy atom. The van der Waals surface area contributed by atoms with Crippen molar-refractivity contribution < 1.29 is 13.9 Å². The lowest BCUT2D eigenvalue weighted by Crippen LogP contribution is -2.35. The van der Waals surface area contributed by atoms with Crippen LogP contribution in [0.4, 0.5) is 21.6 Å². The number of benzene rings is 2. The van der Waals surface area contributed by atoms with Gasteiger partial charge in [0.2, 0.25) is 6.35 Å².